The maximum absolute atomic E-state index is 12.0. The van der Waals surface area contributed by atoms with Gasteiger partial charge in [-0.25, -0.2) is 8.42 Å². The lowest BCUT2D eigenvalue weighted by Gasteiger charge is -2.37. The lowest BCUT2D eigenvalue weighted by molar-refractivity contribution is 0.171. The van der Waals surface area contributed by atoms with Gasteiger partial charge in [-0.2, -0.15) is 0 Å². The van der Waals surface area contributed by atoms with Gasteiger partial charge in [0.05, 0.1) is 5.25 Å². The summed E-state index contributed by atoms with van der Waals surface area (Å²) in [4.78, 5) is 4.88. The fourth-order valence-electron chi connectivity index (χ4n) is 3.97. The topological polar surface area (TPSA) is 40.6 Å². The van der Waals surface area contributed by atoms with E-state index in [-0.39, 0.29) is 11.3 Å². The highest BCUT2D eigenvalue weighted by molar-refractivity contribution is 7.91. The Kier molecular flexibility index (Phi) is 6.51. The molecule has 0 aromatic heterocycles. The van der Waals surface area contributed by atoms with Crippen LogP contribution in [0, 0.1) is 0 Å². The van der Waals surface area contributed by atoms with Crippen LogP contribution in [0.2, 0.25) is 0 Å². The Bertz CT molecular complexity index is 405. The Labute approximate surface area is 130 Å². The van der Waals surface area contributed by atoms with E-state index in [0.29, 0.717) is 0 Å². The van der Waals surface area contributed by atoms with E-state index in [2.05, 4.69) is 16.8 Å². The molecule has 2 fully saturated rings. The Hall–Kier alpha value is -0.130. The van der Waals surface area contributed by atoms with Crippen molar-refractivity contribution in [3.63, 3.8) is 0 Å². The Morgan fingerprint density at radius 2 is 1.71 bits per heavy atom. The fraction of sp³-hybridized carbons (Fsp3) is 1.00. The molecule has 1 aliphatic carbocycles. The number of sulfone groups is 1. The summed E-state index contributed by atoms with van der Waals surface area (Å²) in [6.07, 6.45) is 10.8. The monoisotopic (exact) mass is 316 g/mol. The first-order valence-corrected chi connectivity index (χ1v) is 10.6. The second-order valence-corrected chi connectivity index (χ2v) is 9.22. The highest BCUT2D eigenvalue weighted by Crippen LogP contribution is 2.27. The van der Waals surface area contributed by atoms with Crippen LogP contribution in [-0.2, 0) is 9.84 Å². The molecule has 0 radical (unpaired) electrons. The van der Waals surface area contributed by atoms with E-state index < -0.39 is 9.84 Å². The maximum atomic E-state index is 12.0. The summed E-state index contributed by atoms with van der Waals surface area (Å²) in [5.41, 5.74) is 0. The molecule has 0 aromatic rings. The zero-order valence-electron chi connectivity index (χ0n) is 13.8. The van der Waals surface area contributed by atoms with Gasteiger partial charge in [0.2, 0.25) is 0 Å². The second-order valence-electron chi connectivity index (χ2n) is 6.96. The molecule has 124 valence electrons. The van der Waals surface area contributed by atoms with Crippen molar-refractivity contribution in [3.8, 4) is 0 Å². The molecular weight excluding hydrogens is 284 g/mol. The van der Waals surface area contributed by atoms with Crippen LogP contribution in [0.5, 0.6) is 0 Å². The standard InChI is InChI=1S/C16H32N2O2S/c1-17(11-8-14-18-12-6-3-7-13-18)15-9-4-5-10-16(15)21(2,19)20/h15-16H,3-14H2,1-2H3/t15-,16-/m1/s1. The van der Waals surface area contributed by atoms with Crippen molar-refractivity contribution < 1.29 is 8.42 Å². The lowest BCUT2D eigenvalue weighted by atomic mass is 9.93. The third-order valence-electron chi connectivity index (χ3n) is 5.22. The van der Waals surface area contributed by atoms with Crippen molar-refractivity contribution in [1.82, 2.24) is 9.80 Å². The normalized spacial score (nSPS) is 28.9. The van der Waals surface area contributed by atoms with Gasteiger partial charge in [0.15, 0.2) is 9.84 Å². The van der Waals surface area contributed by atoms with E-state index >= 15 is 0 Å². The quantitative estimate of drug-likeness (QED) is 0.753. The molecule has 0 spiro atoms. The smallest absolute Gasteiger partial charge is 0.151 e. The average Bonchev–Trinajstić information content (AvgIpc) is 2.47. The minimum absolute atomic E-state index is 0.147. The van der Waals surface area contributed by atoms with Crippen LogP contribution >= 0.6 is 0 Å². The predicted octanol–water partition coefficient (Wildman–Crippen LogP) is 2.15. The van der Waals surface area contributed by atoms with Crippen molar-refractivity contribution in [2.45, 2.75) is 62.7 Å². The molecule has 1 heterocycles. The lowest BCUT2D eigenvalue weighted by Crippen LogP contribution is -2.47. The molecule has 2 aliphatic rings. The number of rotatable bonds is 6. The molecule has 0 bridgehead atoms. The van der Waals surface area contributed by atoms with E-state index in [0.717, 1.165) is 32.2 Å². The predicted molar refractivity (Wildman–Crippen MR) is 88.4 cm³/mol. The van der Waals surface area contributed by atoms with Crippen molar-refractivity contribution in [3.05, 3.63) is 0 Å². The van der Waals surface area contributed by atoms with Gasteiger partial charge in [-0.1, -0.05) is 19.3 Å². The average molecular weight is 317 g/mol. The highest BCUT2D eigenvalue weighted by atomic mass is 32.2. The first kappa shape index (κ1) is 17.2. The number of likely N-dealkylation sites (tertiary alicyclic amines) is 1. The van der Waals surface area contributed by atoms with E-state index in [4.69, 9.17) is 0 Å². The van der Waals surface area contributed by atoms with Gasteiger partial charge >= 0.3 is 0 Å². The van der Waals surface area contributed by atoms with Crippen LogP contribution in [-0.4, -0.2) is 69.0 Å². The van der Waals surface area contributed by atoms with Gasteiger partial charge in [0, 0.05) is 12.3 Å². The maximum Gasteiger partial charge on any atom is 0.151 e. The minimum atomic E-state index is -2.92. The van der Waals surface area contributed by atoms with Gasteiger partial charge in [-0.05, 0) is 65.3 Å². The molecule has 1 saturated carbocycles. The summed E-state index contributed by atoms with van der Waals surface area (Å²) >= 11 is 0. The van der Waals surface area contributed by atoms with E-state index in [1.807, 2.05) is 0 Å². The van der Waals surface area contributed by atoms with Gasteiger partial charge < -0.3 is 9.80 Å². The first-order chi connectivity index (χ1) is 9.98. The van der Waals surface area contributed by atoms with Crippen molar-refractivity contribution >= 4 is 9.84 Å². The molecule has 2 rings (SSSR count). The molecule has 1 aliphatic heterocycles. The molecule has 0 N–H and O–H groups in total. The van der Waals surface area contributed by atoms with Crippen molar-refractivity contribution in [2.24, 2.45) is 0 Å². The van der Waals surface area contributed by atoms with Crippen LogP contribution in [0.25, 0.3) is 0 Å². The summed E-state index contributed by atoms with van der Waals surface area (Å²) in [6.45, 7) is 4.69. The Morgan fingerprint density at radius 1 is 1.05 bits per heavy atom. The molecule has 0 aromatic carbocycles. The molecule has 0 unspecified atom stereocenters. The van der Waals surface area contributed by atoms with Crippen LogP contribution in [0.15, 0.2) is 0 Å². The number of hydrogen-bond donors (Lipinski definition) is 0. The first-order valence-electron chi connectivity index (χ1n) is 8.60. The van der Waals surface area contributed by atoms with Gasteiger partial charge in [-0.3, -0.25) is 0 Å². The van der Waals surface area contributed by atoms with E-state index in [9.17, 15) is 8.42 Å². The largest absolute Gasteiger partial charge is 0.303 e. The van der Waals surface area contributed by atoms with Crippen LogP contribution in [0.3, 0.4) is 0 Å². The van der Waals surface area contributed by atoms with Gasteiger partial charge in [-0.15, -0.1) is 0 Å². The zero-order valence-corrected chi connectivity index (χ0v) is 14.6. The summed E-state index contributed by atoms with van der Waals surface area (Å²) in [5, 5.41) is -0.147. The third kappa shape index (κ3) is 5.22. The zero-order chi connectivity index (χ0) is 15.3. The summed E-state index contributed by atoms with van der Waals surface area (Å²) in [6, 6.07) is 0.232. The minimum Gasteiger partial charge on any atom is -0.303 e. The highest BCUT2D eigenvalue weighted by Gasteiger charge is 2.34. The summed E-state index contributed by atoms with van der Waals surface area (Å²) in [7, 11) is -0.802. The molecule has 2 atom stereocenters. The van der Waals surface area contributed by atoms with Crippen LogP contribution in [0.4, 0.5) is 0 Å². The molecule has 1 saturated heterocycles. The molecular formula is C16H32N2O2S. The molecule has 21 heavy (non-hydrogen) atoms. The van der Waals surface area contributed by atoms with Crippen molar-refractivity contribution in [2.75, 3.05) is 39.5 Å². The third-order valence-corrected chi connectivity index (χ3v) is 6.87. The molecule has 5 heteroatoms. The van der Waals surface area contributed by atoms with Crippen molar-refractivity contribution in [1.29, 1.82) is 0 Å². The van der Waals surface area contributed by atoms with Gasteiger partial charge in [0.25, 0.3) is 0 Å². The Balaban J connectivity index is 1.79. The summed E-state index contributed by atoms with van der Waals surface area (Å²) < 4.78 is 24.0. The van der Waals surface area contributed by atoms with Crippen LogP contribution < -0.4 is 0 Å². The van der Waals surface area contributed by atoms with Gasteiger partial charge in [0.1, 0.15) is 0 Å². The summed E-state index contributed by atoms with van der Waals surface area (Å²) in [5.74, 6) is 0. The molecule has 0 amide bonds. The molecule has 4 nitrogen and oxygen atoms in total. The fourth-order valence-corrected chi connectivity index (χ4v) is 5.48. The number of hydrogen-bond acceptors (Lipinski definition) is 4. The number of piperidine rings is 1. The van der Waals surface area contributed by atoms with E-state index in [1.165, 1.54) is 51.6 Å². The Morgan fingerprint density at radius 3 is 2.38 bits per heavy atom. The SMILES string of the molecule is CN(CCCN1CCCCC1)[C@@H]1CCCC[C@H]1S(C)(=O)=O. The van der Waals surface area contributed by atoms with E-state index in [1.54, 1.807) is 0 Å². The number of nitrogens with zero attached hydrogens (tertiary/aromatic N) is 2. The van der Waals surface area contributed by atoms with Crippen LogP contribution in [0.1, 0.15) is 51.4 Å². The second kappa shape index (κ2) is 7.93.